The number of carbonyl (C=O) groups is 1. The summed E-state index contributed by atoms with van der Waals surface area (Å²) in [6, 6.07) is 3.14. The van der Waals surface area contributed by atoms with E-state index in [2.05, 4.69) is 35.1 Å². The van der Waals surface area contributed by atoms with E-state index in [4.69, 9.17) is 10.5 Å². The van der Waals surface area contributed by atoms with Crippen LogP contribution < -0.4 is 15.8 Å². The van der Waals surface area contributed by atoms with Gasteiger partial charge in [0, 0.05) is 17.3 Å². The summed E-state index contributed by atoms with van der Waals surface area (Å²) in [5.74, 6) is 0.591. The van der Waals surface area contributed by atoms with Crippen molar-refractivity contribution in [3.63, 3.8) is 0 Å². The second kappa shape index (κ2) is 7.27. The highest BCUT2D eigenvalue weighted by Crippen LogP contribution is 2.38. The van der Waals surface area contributed by atoms with Crippen molar-refractivity contribution in [1.82, 2.24) is 0 Å². The van der Waals surface area contributed by atoms with E-state index in [0.717, 1.165) is 27.9 Å². The lowest BCUT2D eigenvalue weighted by atomic mass is 10.1. The number of halogens is 1. The van der Waals surface area contributed by atoms with Crippen LogP contribution in [0.2, 0.25) is 0 Å². The SMILES string of the molecule is CCCCCCC(C)Oc1cc2c(cc1Br)C(N)C(=O)N2. The van der Waals surface area contributed by atoms with E-state index in [1.54, 1.807) is 0 Å². The molecule has 0 aromatic heterocycles. The molecule has 0 bridgehead atoms. The Bertz CT molecular complexity index is 519. The number of carbonyl (C=O) groups excluding carboxylic acids is 1. The number of nitrogens with one attached hydrogen (secondary N) is 1. The Hall–Kier alpha value is -1.07. The molecule has 1 aliphatic rings. The summed E-state index contributed by atoms with van der Waals surface area (Å²) in [5.41, 5.74) is 7.40. The number of nitrogens with two attached hydrogens (primary N) is 1. The Morgan fingerprint density at radius 2 is 2.14 bits per heavy atom. The summed E-state index contributed by atoms with van der Waals surface area (Å²) in [7, 11) is 0. The van der Waals surface area contributed by atoms with Crippen LogP contribution in [0.4, 0.5) is 5.69 Å². The minimum Gasteiger partial charge on any atom is -0.489 e. The molecule has 4 nitrogen and oxygen atoms in total. The van der Waals surface area contributed by atoms with E-state index in [-0.39, 0.29) is 12.0 Å². The van der Waals surface area contributed by atoms with E-state index >= 15 is 0 Å². The largest absolute Gasteiger partial charge is 0.489 e. The second-order valence-electron chi connectivity index (χ2n) is 5.61. The first-order chi connectivity index (χ1) is 10.0. The third kappa shape index (κ3) is 3.98. The van der Waals surface area contributed by atoms with Gasteiger partial charge in [0.25, 0.3) is 0 Å². The molecular formula is C16H23BrN2O2. The van der Waals surface area contributed by atoms with Crippen LogP contribution in [0.1, 0.15) is 57.6 Å². The summed E-state index contributed by atoms with van der Waals surface area (Å²) in [4.78, 5) is 11.6. The topological polar surface area (TPSA) is 64.3 Å². The molecule has 2 rings (SSSR count). The summed E-state index contributed by atoms with van der Waals surface area (Å²) < 4.78 is 6.82. The summed E-state index contributed by atoms with van der Waals surface area (Å²) in [6.45, 7) is 4.29. The Morgan fingerprint density at radius 3 is 2.86 bits per heavy atom. The molecule has 0 fully saturated rings. The van der Waals surface area contributed by atoms with Crippen molar-refractivity contribution in [2.24, 2.45) is 5.73 Å². The van der Waals surface area contributed by atoms with Gasteiger partial charge in [0.2, 0.25) is 5.91 Å². The molecule has 116 valence electrons. The van der Waals surface area contributed by atoms with E-state index < -0.39 is 6.04 Å². The molecule has 1 aromatic rings. The minimum absolute atomic E-state index is 0.155. The third-order valence-electron chi connectivity index (χ3n) is 3.77. The van der Waals surface area contributed by atoms with Crippen molar-refractivity contribution in [2.45, 2.75) is 58.1 Å². The molecule has 0 spiro atoms. The number of anilines is 1. The Labute approximate surface area is 134 Å². The fraction of sp³-hybridized carbons (Fsp3) is 0.562. The molecule has 0 aliphatic carbocycles. The number of benzene rings is 1. The van der Waals surface area contributed by atoms with Gasteiger partial charge in [-0.1, -0.05) is 26.2 Å². The number of rotatable bonds is 7. The van der Waals surface area contributed by atoms with Gasteiger partial charge in [-0.3, -0.25) is 4.79 Å². The van der Waals surface area contributed by atoms with Gasteiger partial charge in [-0.05, 0) is 41.8 Å². The average Bonchev–Trinajstić information content (AvgIpc) is 2.71. The minimum atomic E-state index is -0.586. The molecule has 1 aromatic carbocycles. The summed E-state index contributed by atoms with van der Waals surface area (Å²) >= 11 is 3.50. The lowest BCUT2D eigenvalue weighted by Crippen LogP contribution is -2.19. The predicted octanol–water partition coefficient (Wildman–Crippen LogP) is 4.14. The Kier molecular flexibility index (Phi) is 5.65. The first kappa shape index (κ1) is 16.3. The van der Waals surface area contributed by atoms with Crippen molar-refractivity contribution >= 4 is 27.5 Å². The fourth-order valence-electron chi connectivity index (χ4n) is 2.51. The van der Waals surface area contributed by atoms with E-state index in [1.165, 1.54) is 25.7 Å². The average molecular weight is 355 g/mol. The van der Waals surface area contributed by atoms with Crippen LogP contribution in [-0.4, -0.2) is 12.0 Å². The zero-order chi connectivity index (χ0) is 15.4. The highest BCUT2D eigenvalue weighted by atomic mass is 79.9. The molecule has 2 unspecified atom stereocenters. The van der Waals surface area contributed by atoms with E-state index in [1.807, 2.05) is 12.1 Å². The number of unbranched alkanes of at least 4 members (excludes halogenated alkanes) is 3. The van der Waals surface area contributed by atoms with Gasteiger partial charge in [0.05, 0.1) is 10.6 Å². The Morgan fingerprint density at radius 1 is 1.38 bits per heavy atom. The lowest BCUT2D eigenvalue weighted by molar-refractivity contribution is -0.116. The molecule has 3 N–H and O–H groups in total. The van der Waals surface area contributed by atoms with Crippen molar-refractivity contribution in [1.29, 1.82) is 0 Å². The molecular weight excluding hydrogens is 332 g/mol. The fourth-order valence-corrected chi connectivity index (χ4v) is 2.97. The quantitative estimate of drug-likeness (QED) is 0.723. The maximum atomic E-state index is 11.6. The van der Waals surface area contributed by atoms with Crippen LogP contribution in [0.25, 0.3) is 0 Å². The van der Waals surface area contributed by atoms with Gasteiger partial charge < -0.3 is 15.8 Å². The first-order valence-electron chi connectivity index (χ1n) is 7.59. The predicted molar refractivity (Wildman–Crippen MR) is 88.5 cm³/mol. The molecule has 1 heterocycles. The molecule has 0 radical (unpaired) electrons. The van der Waals surface area contributed by atoms with E-state index in [9.17, 15) is 4.79 Å². The van der Waals surface area contributed by atoms with Crippen LogP contribution in [0.15, 0.2) is 16.6 Å². The third-order valence-corrected chi connectivity index (χ3v) is 4.39. The van der Waals surface area contributed by atoms with Gasteiger partial charge in [-0.15, -0.1) is 0 Å². The highest BCUT2D eigenvalue weighted by molar-refractivity contribution is 9.10. The lowest BCUT2D eigenvalue weighted by Gasteiger charge is -2.17. The number of ether oxygens (including phenoxy) is 1. The monoisotopic (exact) mass is 354 g/mol. The molecule has 0 saturated heterocycles. The van der Waals surface area contributed by atoms with Crippen molar-refractivity contribution < 1.29 is 9.53 Å². The number of hydrogen-bond donors (Lipinski definition) is 2. The van der Waals surface area contributed by atoms with Crippen LogP contribution in [0.3, 0.4) is 0 Å². The molecule has 2 atom stereocenters. The van der Waals surface area contributed by atoms with Crippen LogP contribution >= 0.6 is 15.9 Å². The number of hydrogen-bond acceptors (Lipinski definition) is 3. The van der Waals surface area contributed by atoms with Crippen molar-refractivity contribution in [3.05, 3.63) is 22.2 Å². The van der Waals surface area contributed by atoms with Crippen LogP contribution in [-0.2, 0) is 4.79 Å². The number of amides is 1. The number of fused-ring (bicyclic) bond motifs is 1. The molecule has 1 aliphatic heterocycles. The maximum absolute atomic E-state index is 11.6. The molecule has 5 heteroatoms. The maximum Gasteiger partial charge on any atom is 0.245 e. The van der Waals surface area contributed by atoms with Gasteiger partial charge in [-0.25, -0.2) is 0 Å². The normalized spacial score (nSPS) is 18.3. The molecule has 0 saturated carbocycles. The van der Waals surface area contributed by atoms with Gasteiger partial charge in [0.1, 0.15) is 11.8 Å². The summed E-state index contributed by atoms with van der Waals surface area (Å²) in [6.07, 6.45) is 6.14. The zero-order valence-corrected chi connectivity index (χ0v) is 14.2. The highest BCUT2D eigenvalue weighted by Gasteiger charge is 2.28. The first-order valence-corrected chi connectivity index (χ1v) is 8.38. The van der Waals surface area contributed by atoms with Crippen molar-refractivity contribution in [2.75, 3.05) is 5.32 Å². The summed E-state index contributed by atoms with van der Waals surface area (Å²) in [5, 5.41) is 2.78. The van der Waals surface area contributed by atoms with Crippen molar-refractivity contribution in [3.8, 4) is 5.75 Å². The van der Waals surface area contributed by atoms with Crippen LogP contribution in [0, 0.1) is 0 Å². The smallest absolute Gasteiger partial charge is 0.245 e. The van der Waals surface area contributed by atoms with Crippen LogP contribution in [0.5, 0.6) is 5.75 Å². The van der Waals surface area contributed by atoms with Gasteiger partial charge in [-0.2, -0.15) is 0 Å². The second-order valence-corrected chi connectivity index (χ2v) is 6.47. The van der Waals surface area contributed by atoms with Gasteiger partial charge >= 0.3 is 0 Å². The standard InChI is InChI=1S/C16H23BrN2O2/c1-3-4-5-6-7-10(2)21-14-9-13-11(8-12(14)17)15(18)16(20)19-13/h8-10,15H,3-7,18H2,1-2H3,(H,19,20). The zero-order valence-electron chi connectivity index (χ0n) is 12.6. The van der Waals surface area contributed by atoms with Gasteiger partial charge in [0.15, 0.2) is 0 Å². The molecule has 21 heavy (non-hydrogen) atoms. The Balaban J connectivity index is 1.98. The molecule has 1 amide bonds. The van der Waals surface area contributed by atoms with E-state index in [0.29, 0.717) is 0 Å².